The lowest BCUT2D eigenvalue weighted by atomic mass is 9.62. The minimum atomic E-state index is -0.720. The first-order valence-corrected chi connectivity index (χ1v) is 22.7. The Bertz CT molecular complexity index is 3710. The second-order valence-corrected chi connectivity index (χ2v) is 17.2. The van der Waals surface area contributed by atoms with Crippen LogP contribution in [-0.2, 0) is 5.41 Å². The lowest BCUT2D eigenvalue weighted by Crippen LogP contribution is -2.37. The quantitative estimate of drug-likeness (QED) is 0.159. The highest BCUT2D eigenvalue weighted by Crippen LogP contribution is 2.59. The maximum Gasteiger partial charge on any atom is 0.140 e. The van der Waals surface area contributed by atoms with Gasteiger partial charge in [-0.15, -0.1) is 0 Å². The van der Waals surface area contributed by atoms with Crippen molar-refractivity contribution in [2.75, 3.05) is 9.80 Å². The van der Waals surface area contributed by atoms with Gasteiger partial charge in [-0.2, -0.15) is 0 Å². The van der Waals surface area contributed by atoms with Crippen molar-refractivity contribution in [3.8, 4) is 11.1 Å². The van der Waals surface area contributed by atoms with Crippen LogP contribution in [0, 0.1) is 0 Å². The molecule has 0 saturated carbocycles. The number of benzene rings is 11. The highest BCUT2D eigenvalue weighted by atomic mass is 16.3. The molecule has 1 aromatic heterocycles. The predicted molar refractivity (Wildman–Crippen MR) is 275 cm³/mol. The molecule has 0 bridgehead atoms. The number of furan rings is 1. The van der Waals surface area contributed by atoms with Gasteiger partial charge in [0.25, 0.3) is 0 Å². The molecule has 1 aliphatic heterocycles. The third-order valence-electron chi connectivity index (χ3n) is 13.7. The van der Waals surface area contributed by atoms with Crippen LogP contribution in [0.1, 0.15) is 22.3 Å². The molecular weight excluding hydrogens is 801 g/mol. The summed E-state index contributed by atoms with van der Waals surface area (Å²) in [6, 6.07) is 92.3. The van der Waals surface area contributed by atoms with Crippen LogP contribution in [0.3, 0.4) is 0 Å². The summed E-state index contributed by atoms with van der Waals surface area (Å²) in [5.41, 5.74) is 14.8. The van der Waals surface area contributed by atoms with Crippen molar-refractivity contribution in [1.82, 2.24) is 0 Å². The minimum Gasteiger partial charge on any atom is -0.456 e. The van der Waals surface area contributed by atoms with Crippen LogP contribution in [0.25, 0.3) is 54.6 Å². The highest BCUT2D eigenvalue weighted by Gasteiger charge is 2.48. The van der Waals surface area contributed by atoms with Crippen molar-refractivity contribution >= 4 is 77.6 Å². The maximum absolute atomic E-state index is 7.05. The fourth-order valence-corrected chi connectivity index (χ4v) is 10.8. The van der Waals surface area contributed by atoms with E-state index >= 15 is 0 Å². The Morgan fingerprint density at radius 3 is 1.62 bits per heavy atom. The van der Waals surface area contributed by atoms with Crippen LogP contribution in [0.5, 0.6) is 0 Å². The average Bonchev–Trinajstić information content (AvgIpc) is 3.79. The molecule has 0 saturated heterocycles. The predicted octanol–water partition coefficient (Wildman–Crippen LogP) is 17.2. The van der Waals surface area contributed by atoms with Gasteiger partial charge in [-0.05, 0) is 111 Å². The number of nitrogens with zero attached hydrogens (tertiary/aromatic N) is 2. The Labute approximate surface area is 383 Å². The molecule has 11 aromatic carbocycles. The summed E-state index contributed by atoms with van der Waals surface area (Å²) in [4.78, 5) is 4.80. The standard InChI is InChI=1S/C63H42N2O/c1-3-21-47(22-4-1)63(56-42-46-19-8-10-26-52(46)61-53-27-11-16-33-60(53)66-62(56)61)54-28-12-14-30-58(54)65(59-31-15-13-29-55(59)63)50-40-36-44(37-41-50)43-34-38-49(39-35-43)64(48-23-5-2-6-24-48)57-32-17-20-45-18-7-9-25-51(45)57/h1-42H. The van der Waals surface area contributed by atoms with Crippen LogP contribution in [0.4, 0.5) is 34.1 Å². The van der Waals surface area contributed by atoms with E-state index < -0.39 is 5.41 Å². The topological polar surface area (TPSA) is 19.6 Å². The normalized spacial score (nSPS) is 12.9. The van der Waals surface area contributed by atoms with Crippen LogP contribution < -0.4 is 9.80 Å². The second kappa shape index (κ2) is 15.3. The molecule has 0 spiro atoms. The van der Waals surface area contributed by atoms with E-state index in [1.807, 2.05) is 0 Å². The molecule has 0 fully saturated rings. The SMILES string of the molecule is c1ccc(N(c2ccc(-c3ccc(N4c5ccccc5C(c5ccccc5)(c5cc6ccccc6c6c5oc5ccccc56)c5ccccc54)cc3)cc2)c2cccc3ccccc23)cc1. The number of rotatable bonds is 7. The van der Waals surface area contributed by atoms with Crippen molar-refractivity contribution in [3.63, 3.8) is 0 Å². The van der Waals surface area contributed by atoms with E-state index in [0.717, 1.165) is 72.8 Å². The fourth-order valence-electron chi connectivity index (χ4n) is 10.8. The highest BCUT2D eigenvalue weighted by molar-refractivity contribution is 6.20. The average molecular weight is 843 g/mol. The summed E-state index contributed by atoms with van der Waals surface area (Å²) in [5.74, 6) is 0. The maximum atomic E-state index is 7.05. The summed E-state index contributed by atoms with van der Waals surface area (Å²) in [7, 11) is 0. The summed E-state index contributed by atoms with van der Waals surface area (Å²) in [6.07, 6.45) is 0. The van der Waals surface area contributed by atoms with Gasteiger partial charge in [0.05, 0.1) is 22.5 Å². The molecule has 12 aromatic rings. The van der Waals surface area contributed by atoms with Crippen molar-refractivity contribution in [1.29, 1.82) is 0 Å². The molecule has 310 valence electrons. The van der Waals surface area contributed by atoms with Crippen LogP contribution in [0.15, 0.2) is 259 Å². The molecule has 0 unspecified atom stereocenters. The Hall–Kier alpha value is -8.66. The van der Waals surface area contributed by atoms with Gasteiger partial charge in [-0.25, -0.2) is 0 Å². The van der Waals surface area contributed by atoms with Gasteiger partial charge in [0.15, 0.2) is 0 Å². The first kappa shape index (κ1) is 37.9. The number of para-hydroxylation sites is 4. The summed E-state index contributed by atoms with van der Waals surface area (Å²) < 4.78 is 7.05. The number of hydrogen-bond donors (Lipinski definition) is 0. The van der Waals surface area contributed by atoms with Crippen molar-refractivity contribution < 1.29 is 4.42 Å². The molecule has 3 heteroatoms. The van der Waals surface area contributed by atoms with Crippen LogP contribution in [0.2, 0.25) is 0 Å². The molecule has 13 rings (SSSR count). The van der Waals surface area contributed by atoms with Gasteiger partial charge in [-0.3, -0.25) is 0 Å². The third kappa shape index (κ3) is 5.77. The Morgan fingerprint density at radius 2 is 0.909 bits per heavy atom. The Kier molecular flexibility index (Phi) is 8.75. The van der Waals surface area contributed by atoms with E-state index in [2.05, 4.69) is 265 Å². The molecule has 0 atom stereocenters. The van der Waals surface area contributed by atoms with E-state index in [1.165, 1.54) is 38.2 Å². The van der Waals surface area contributed by atoms with Crippen molar-refractivity contribution in [3.05, 3.63) is 277 Å². The molecule has 2 heterocycles. The zero-order valence-corrected chi connectivity index (χ0v) is 36.1. The molecule has 3 nitrogen and oxygen atoms in total. The molecule has 0 amide bonds. The zero-order valence-electron chi connectivity index (χ0n) is 36.1. The first-order valence-electron chi connectivity index (χ1n) is 22.7. The molecular formula is C63H42N2O. The fraction of sp³-hybridized carbons (Fsp3) is 0.0159. The van der Waals surface area contributed by atoms with Gasteiger partial charge in [0.1, 0.15) is 11.2 Å². The lowest BCUT2D eigenvalue weighted by Gasteiger charge is -2.46. The monoisotopic (exact) mass is 842 g/mol. The lowest BCUT2D eigenvalue weighted by molar-refractivity contribution is 0.644. The first-order chi connectivity index (χ1) is 32.8. The summed E-state index contributed by atoms with van der Waals surface area (Å²) >= 11 is 0. The van der Waals surface area contributed by atoms with E-state index in [-0.39, 0.29) is 0 Å². The van der Waals surface area contributed by atoms with Crippen molar-refractivity contribution in [2.24, 2.45) is 0 Å². The summed E-state index contributed by atoms with van der Waals surface area (Å²) in [5, 5.41) is 7.08. The molecule has 0 radical (unpaired) electrons. The summed E-state index contributed by atoms with van der Waals surface area (Å²) in [6.45, 7) is 0. The molecule has 1 aliphatic rings. The van der Waals surface area contributed by atoms with Crippen molar-refractivity contribution in [2.45, 2.75) is 5.41 Å². The Balaban J connectivity index is 0.949. The van der Waals surface area contributed by atoms with Gasteiger partial charge in [-0.1, -0.05) is 188 Å². The number of anilines is 6. The van der Waals surface area contributed by atoms with E-state index in [9.17, 15) is 0 Å². The number of hydrogen-bond acceptors (Lipinski definition) is 3. The second-order valence-electron chi connectivity index (χ2n) is 17.2. The van der Waals surface area contributed by atoms with Gasteiger partial charge in [0.2, 0.25) is 0 Å². The third-order valence-corrected chi connectivity index (χ3v) is 13.7. The molecule has 66 heavy (non-hydrogen) atoms. The smallest absolute Gasteiger partial charge is 0.140 e. The van der Waals surface area contributed by atoms with Crippen LogP contribution in [-0.4, -0.2) is 0 Å². The van der Waals surface area contributed by atoms with E-state index in [0.29, 0.717) is 0 Å². The minimum absolute atomic E-state index is 0.720. The van der Waals surface area contributed by atoms with Gasteiger partial charge in [0, 0.05) is 38.8 Å². The zero-order chi connectivity index (χ0) is 43.6. The molecule has 0 N–H and O–H groups in total. The molecule has 0 aliphatic carbocycles. The van der Waals surface area contributed by atoms with E-state index in [4.69, 9.17) is 4.42 Å². The largest absolute Gasteiger partial charge is 0.456 e. The van der Waals surface area contributed by atoms with Gasteiger partial charge >= 0.3 is 0 Å². The number of fused-ring (bicyclic) bond motifs is 8. The van der Waals surface area contributed by atoms with Gasteiger partial charge < -0.3 is 14.2 Å². The Morgan fingerprint density at radius 1 is 0.379 bits per heavy atom. The van der Waals surface area contributed by atoms with Crippen LogP contribution >= 0.6 is 0 Å². The van der Waals surface area contributed by atoms with E-state index in [1.54, 1.807) is 0 Å².